The highest BCUT2D eigenvalue weighted by Crippen LogP contribution is 2.24. The maximum atomic E-state index is 9.68. The summed E-state index contributed by atoms with van der Waals surface area (Å²) in [6.45, 7) is 8.69. The molecule has 0 saturated heterocycles. The van der Waals surface area contributed by atoms with E-state index in [1.165, 1.54) is 22.3 Å². The summed E-state index contributed by atoms with van der Waals surface area (Å²) >= 11 is 0. The zero-order chi connectivity index (χ0) is 15.4. The Morgan fingerprint density at radius 3 is 2.19 bits per heavy atom. The average molecular weight is 283 g/mol. The van der Waals surface area contributed by atoms with Crippen LogP contribution in [0.25, 0.3) is 0 Å². The topological polar surface area (TPSA) is 32.3 Å². The molecule has 0 bridgehead atoms. The third-order valence-corrected chi connectivity index (χ3v) is 4.18. The Kier molecular flexibility index (Phi) is 5.16. The van der Waals surface area contributed by atoms with Gasteiger partial charge >= 0.3 is 0 Å². The quantitative estimate of drug-likeness (QED) is 0.869. The summed E-state index contributed by atoms with van der Waals surface area (Å²) in [5.74, 6) is 0. The first kappa shape index (κ1) is 15.7. The molecule has 2 unspecified atom stereocenters. The lowest BCUT2D eigenvalue weighted by atomic mass is 9.95. The van der Waals surface area contributed by atoms with Crippen LogP contribution >= 0.6 is 0 Å². The highest BCUT2D eigenvalue weighted by molar-refractivity contribution is 5.38. The highest BCUT2D eigenvalue weighted by atomic mass is 16.3. The van der Waals surface area contributed by atoms with Gasteiger partial charge in [-0.15, -0.1) is 0 Å². The molecule has 0 aromatic heterocycles. The van der Waals surface area contributed by atoms with Crippen LogP contribution in [0.15, 0.2) is 42.5 Å². The predicted molar refractivity (Wildman–Crippen MR) is 88.5 cm³/mol. The lowest BCUT2D eigenvalue weighted by Crippen LogP contribution is -2.27. The molecule has 21 heavy (non-hydrogen) atoms. The molecule has 0 amide bonds. The number of aliphatic hydroxyl groups is 1. The molecule has 112 valence electrons. The van der Waals surface area contributed by atoms with Gasteiger partial charge in [0.25, 0.3) is 0 Å². The fourth-order valence-corrected chi connectivity index (χ4v) is 2.78. The Morgan fingerprint density at radius 2 is 1.57 bits per heavy atom. The molecule has 0 heterocycles. The van der Waals surface area contributed by atoms with Crippen LogP contribution in [-0.2, 0) is 0 Å². The summed E-state index contributed by atoms with van der Waals surface area (Å²) in [6.07, 6.45) is 0. The number of hydrogen-bond donors (Lipinski definition) is 2. The first-order chi connectivity index (χ1) is 10.0. The molecule has 2 N–H and O–H groups in total. The normalized spacial score (nSPS) is 14.0. The van der Waals surface area contributed by atoms with Crippen molar-refractivity contribution in [2.24, 2.45) is 0 Å². The van der Waals surface area contributed by atoms with E-state index in [1.807, 2.05) is 30.3 Å². The van der Waals surface area contributed by atoms with Crippen LogP contribution in [0.2, 0.25) is 0 Å². The number of aryl methyl sites for hydroxylation is 3. The number of hydrogen-bond acceptors (Lipinski definition) is 2. The van der Waals surface area contributed by atoms with Crippen molar-refractivity contribution < 1.29 is 5.11 Å². The molecule has 2 heteroatoms. The van der Waals surface area contributed by atoms with Crippen molar-refractivity contribution in [2.45, 2.75) is 39.8 Å². The zero-order valence-corrected chi connectivity index (χ0v) is 13.4. The van der Waals surface area contributed by atoms with Crippen LogP contribution < -0.4 is 5.32 Å². The van der Waals surface area contributed by atoms with E-state index in [2.05, 4.69) is 45.1 Å². The molecular formula is C19H25NO. The van der Waals surface area contributed by atoms with Crippen LogP contribution in [0.5, 0.6) is 0 Å². The van der Waals surface area contributed by atoms with Gasteiger partial charge in [0, 0.05) is 6.04 Å². The monoisotopic (exact) mass is 283 g/mol. The Morgan fingerprint density at radius 1 is 0.952 bits per heavy atom. The van der Waals surface area contributed by atoms with Gasteiger partial charge in [0.05, 0.1) is 12.6 Å². The summed E-state index contributed by atoms with van der Waals surface area (Å²) in [7, 11) is 0. The van der Waals surface area contributed by atoms with E-state index in [4.69, 9.17) is 0 Å². The summed E-state index contributed by atoms with van der Waals surface area (Å²) in [5, 5.41) is 13.2. The molecule has 0 aliphatic rings. The van der Waals surface area contributed by atoms with Crippen molar-refractivity contribution in [3.05, 3.63) is 70.3 Å². The van der Waals surface area contributed by atoms with Crippen LogP contribution in [0.1, 0.15) is 46.8 Å². The van der Waals surface area contributed by atoms with Crippen LogP contribution in [0.3, 0.4) is 0 Å². The molecule has 0 fully saturated rings. The minimum absolute atomic E-state index is 0.0396. The van der Waals surface area contributed by atoms with E-state index in [9.17, 15) is 5.11 Å². The standard InChI is InChI=1S/C19H25NO/c1-13-10-15(3)18(11-14(13)2)16(4)20-19(12-21)17-8-6-5-7-9-17/h5-11,16,19-21H,12H2,1-4H3. The third-order valence-electron chi connectivity index (χ3n) is 4.18. The Bertz CT molecular complexity index is 592. The third kappa shape index (κ3) is 3.72. The molecule has 0 aliphatic carbocycles. The van der Waals surface area contributed by atoms with Crippen LogP contribution in [-0.4, -0.2) is 11.7 Å². The second-order valence-electron chi connectivity index (χ2n) is 5.83. The van der Waals surface area contributed by atoms with Gasteiger partial charge in [-0.1, -0.05) is 42.5 Å². The largest absolute Gasteiger partial charge is 0.394 e. The van der Waals surface area contributed by atoms with E-state index in [1.54, 1.807) is 0 Å². The van der Waals surface area contributed by atoms with Gasteiger partial charge < -0.3 is 10.4 Å². The lowest BCUT2D eigenvalue weighted by Gasteiger charge is -2.24. The van der Waals surface area contributed by atoms with E-state index >= 15 is 0 Å². The Hall–Kier alpha value is -1.64. The maximum Gasteiger partial charge on any atom is 0.0626 e. The van der Waals surface area contributed by atoms with Gasteiger partial charge in [0.2, 0.25) is 0 Å². The maximum absolute atomic E-state index is 9.68. The fourth-order valence-electron chi connectivity index (χ4n) is 2.78. The molecule has 0 saturated carbocycles. The van der Waals surface area contributed by atoms with E-state index in [0.29, 0.717) is 0 Å². The van der Waals surface area contributed by atoms with Crippen molar-refractivity contribution in [1.82, 2.24) is 5.32 Å². The first-order valence-corrected chi connectivity index (χ1v) is 7.52. The molecule has 2 nitrogen and oxygen atoms in total. The van der Waals surface area contributed by atoms with E-state index in [0.717, 1.165) is 5.56 Å². The number of aliphatic hydroxyl groups excluding tert-OH is 1. The van der Waals surface area contributed by atoms with Crippen molar-refractivity contribution in [3.63, 3.8) is 0 Å². The molecule has 2 aromatic rings. The Labute approximate surface area is 127 Å². The molecular weight excluding hydrogens is 258 g/mol. The van der Waals surface area contributed by atoms with E-state index < -0.39 is 0 Å². The SMILES string of the molecule is Cc1cc(C)c(C(C)NC(CO)c2ccccc2)cc1C. The Balaban J connectivity index is 2.20. The van der Waals surface area contributed by atoms with Gasteiger partial charge in [-0.2, -0.15) is 0 Å². The second-order valence-corrected chi connectivity index (χ2v) is 5.83. The molecule has 0 spiro atoms. The predicted octanol–water partition coefficient (Wildman–Crippen LogP) is 4.00. The van der Waals surface area contributed by atoms with Gasteiger partial charge in [0.15, 0.2) is 0 Å². The lowest BCUT2D eigenvalue weighted by molar-refractivity contribution is 0.235. The van der Waals surface area contributed by atoms with Gasteiger partial charge in [0.1, 0.15) is 0 Å². The number of benzene rings is 2. The zero-order valence-electron chi connectivity index (χ0n) is 13.4. The van der Waals surface area contributed by atoms with Crippen LogP contribution in [0, 0.1) is 20.8 Å². The first-order valence-electron chi connectivity index (χ1n) is 7.52. The molecule has 0 aliphatic heterocycles. The molecule has 2 rings (SSSR count). The van der Waals surface area contributed by atoms with Crippen molar-refractivity contribution in [1.29, 1.82) is 0 Å². The smallest absolute Gasteiger partial charge is 0.0626 e. The molecule has 2 aromatic carbocycles. The summed E-state index contributed by atoms with van der Waals surface area (Å²) in [5.41, 5.74) is 6.35. The summed E-state index contributed by atoms with van der Waals surface area (Å²) in [4.78, 5) is 0. The number of rotatable bonds is 5. The van der Waals surface area contributed by atoms with Gasteiger partial charge in [-0.3, -0.25) is 0 Å². The van der Waals surface area contributed by atoms with E-state index in [-0.39, 0.29) is 18.7 Å². The minimum atomic E-state index is -0.0396. The summed E-state index contributed by atoms with van der Waals surface area (Å²) < 4.78 is 0. The minimum Gasteiger partial charge on any atom is -0.394 e. The average Bonchev–Trinajstić information content (AvgIpc) is 2.49. The molecule has 0 radical (unpaired) electrons. The number of nitrogens with one attached hydrogen (secondary N) is 1. The van der Waals surface area contributed by atoms with Gasteiger partial charge in [-0.05, 0) is 55.5 Å². The van der Waals surface area contributed by atoms with Crippen molar-refractivity contribution >= 4 is 0 Å². The molecule has 2 atom stereocenters. The van der Waals surface area contributed by atoms with Crippen LogP contribution in [0.4, 0.5) is 0 Å². The van der Waals surface area contributed by atoms with Crippen molar-refractivity contribution in [3.8, 4) is 0 Å². The highest BCUT2D eigenvalue weighted by Gasteiger charge is 2.16. The van der Waals surface area contributed by atoms with Crippen molar-refractivity contribution in [2.75, 3.05) is 6.61 Å². The fraction of sp³-hybridized carbons (Fsp3) is 0.368. The van der Waals surface area contributed by atoms with Gasteiger partial charge in [-0.25, -0.2) is 0 Å². The summed E-state index contributed by atoms with van der Waals surface area (Å²) in [6, 6.07) is 14.7. The second kappa shape index (κ2) is 6.88.